The van der Waals surface area contributed by atoms with Crippen LogP contribution in [0.1, 0.15) is 10.4 Å². The van der Waals surface area contributed by atoms with Gasteiger partial charge in [0.1, 0.15) is 5.82 Å². The Balaban J connectivity index is 2.03. The predicted octanol–water partition coefficient (Wildman–Crippen LogP) is 3.70. The van der Waals surface area contributed by atoms with Crippen molar-refractivity contribution < 1.29 is 18.7 Å². The first-order valence-electron chi connectivity index (χ1n) is 7.75. The summed E-state index contributed by atoms with van der Waals surface area (Å²) in [5.74, 6) is -0.952. The Morgan fingerprint density at radius 2 is 2.00 bits per heavy atom. The van der Waals surface area contributed by atoms with Crippen molar-refractivity contribution in [3.8, 4) is 0 Å². The van der Waals surface area contributed by atoms with E-state index in [1.54, 1.807) is 37.4 Å². The summed E-state index contributed by atoms with van der Waals surface area (Å²) in [7, 11) is 1.56. The molecular weight excluding hydrogens is 423 g/mol. The van der Waals surface area contributed by atoms with Gasteiger partial charge in [-0.3, -0.25) is 9.59 Å². The number of thioether (sulfide) groups is 1. The molecule has 2 aromatic carbocycles. The van der Waals surface area contributed by atoms with Gasteiger partial charge in [-0.15, -0.1) is 11.8 Å². The normalized spacial score (nSPS) is 10.4. The van der Waals surface area contributed by atoms with Crippen LogP contribution in [0.25, 0.3) is 0 Å². The number of carbonyl (C=O) groups excluding carboxylic acids is 2. The molecule has 0 aliphatic rings. The van der Waals surface area contributed by atoms with Crippen LogP contribution in [0.3, 0.4) is 0 Å². The molecule has 2 amide bonds. The molecule has 8 heteroatoms. The highest BCUT2D eigenvalue weighted by atomic mass is 79.9. The molecule has 5 nitrogen and oxygen atoms in total. The van der Waals surface area contributed by atoms with Gasteiger partial charge >= 0.3 is 0 Å². The van der Waals surface area contributed by atoms with E-state index >= 15 is 0 Å². The van der Waals surface area contributed by atoms with Crippen LogP contribution >= 0.6 is 27.7 Å². The number of hydrogen-bond acceptors (Lipinski definition) is 4. The van der Waals surface area contributed by atoms with Crippen molar-refractivity contribution in [1.29, 1.82) is 0 Å². The maximum absolute atomic E-state index is 13.9. The quantitative estimate of drug-likeness (QED) is 0.485. The summed E-state index contributed by atoms with van der Waals surface area (Å²) in [6.07, 6.45) is 0. The first-order chi connectivity index (χ1) is 12.5. The summed E-state index contributed by atoms with van der Waals surface area (Å²) in [6.45, 7) is 0.870. The molecule has 0 aromatic heterocycles. The second-order valence-corrected chi connectivity index (χ2v) is 7.14. The molecule has 0 unspecified atom stereocenters. The fourth-order valence-electron chi connectivity index (χ4n) is 2.05. The van der Waals surface area contributed by atoms with Crippen LogP contribution in [0, 0.1) is 5.82 Å². The Hall–Kier alpha value is -1.90. The Kier molecular flexibility index (Phi) is 8.08. The van der Waals surface area contributed by atoms with E-state index < -0.39 is 11.7 Å². The van der Waals surface area contributed by atoms with Gasteiger partial charge < -0.3 is 15.4 Å². The summed E-state index contributed by atoms with van der Waals surface area (Å²) in [5.41, 5.74) is 0.472. The van der Waals surface area contributed by atoms with Crippen LogP contribution in [0.5, 0.6) is 0 Å². The lowest BCUT2D eigenvalue weighted by Gasteiger charge is -2.11. The van der Waals surface area contributed by atoms with Gasteiger partial charge in [0.2, 0.25) is 5.91 Å². The molecule has 0 aliphatic heterocycles. The van der Waals surface area contributed by atoms with Crippen LogP contribution in [-0.4, -0.2) is 37.8 Å². The minimum Gasteiger partial charge on any atom is -0.383 e. The van der Waals surface area contributed by atoms with Crippen molar-refractivity contribution in [2.45, 2.75) is 4.90 Å². The van der Waals surface area contributed by atoms with Crippen molar-refractivity contribution >= 4 is 45.2 Å². The summed E-state index contributed by atoms with van der Waals surface area (Å²) >= 11 is 4.42. The van der Waals surface area contributed by atoms with E-state index in [9.17, 15) is 14.0 Å². The third kappa shape index (κ3) is 6.12. The van der Waals surface area contributed by atoms with Crippen LogP contribution in [0.2, 0.25) is 0 Å². The smallest absolute Gasteiger partial charge is 0.256 e. The minimum absolute atomic E-state index is 0.0929. The lowest BCUT2D eigenvalue weighted by atomic mass is 10.2. The molecule has 0 atom stereocenters. The number of nitrogens with one attached hydrogen (secondary N) is 2. The number of methoxy groups -OCH3 is 1. The highest BCUT2D eigenvalue weighted by molar-refractivity contribution is 9.10. The number of anilines is 1. The number of rotatable bonds is 8. The van der Waals surface area contributed by atoms with E-state index in [1.807, 2.05) is 0 Å². The SMILES string of the molecule is COCCNC(=O)CSc1ccccc1C(=O)Nc1ccc(Br)cc1F. The maximum atomic E-state index is 13.9. The molecular formula is C18H18BrFN2O3S. The monoisotopic (exact) mass is 440 g/mol. The molecule has 0 spiro atoms. The fourth-order valence-corrected chi connectivity index (χ4v) is 3.26. The third-order valence-electron chi connectivity index (χ3n) is 3.30. The van der Waals surface area contributed by atoms with Crippen molar-refractivity contribution in [3.63, 3.8) is 0 Å². The van der Waals surface area contributed by atoms with E-state index in [1.165, 1.54) is 23.9 Å². The number of ether oxygens (including phenoxy) is 1. The van der Waals surface area contributed by atoms with Gasteiger partial charge in [-0.05, 0) is 30.3 Å². The third-order valence-corrected chi connectivity index (χ3v) is 4.86. The largest absolute Gasteiger partial charge is 0.383 e. The highest BCUT2D eigenvalue weighted by Gasteiger charge is 2.14. The predicted molar refractivity (Wildman–Crippen MR) is 104 cm³/mol. The lowest BCUT2D eigenvalue weighted by Crippen LogP contribution is -2.28. The van der Waals surface area contributed by atoms with E-state index in [4.69, 9.17) is 4.74 Å². The molecule has 0 heterocycles. The summed E-state index contributed by atoms with van der Waals surface area (Å²) in [6, 6.07) is 11.3. The van der Waals surface area contributed by atoms with Gasteiger partial charge in [-0.25, -0.2) is 4.39 Å². The van der Waals surface area contributed by atoms with Gasteiger partial charge in [-0.2, -0.15) is 0 Å². The minimum atomic E-state index is -0.532. The van der Waals surface area contributed by atoms with E-state index in [2.05, 4.69) is 26.6 Å². The Morgan fingerprint density at radius 3 is 2.73 bits per heavy atom. The number of hydrogen-bond donors (Lipinski definition) is 2. The molecule has 0 saturated carbocycles. The zero-order chi connectivity index (χ0) is 18.9. The summed E-state index contributed by atoms with van der Waals surface area (Å²) < 4.78 is 19.4. The number of amides is 2. The van der Waals surface area contributed by atoms with Gasteiger partial charge in [0, 0.05) is 23.0 Å². The van der Waals surface area contributed by atoms with Crippen LogP contribution < -0.4 is 10.6 Å². The van der Waals surface area contributed by atoms with Crippen molar-refractivity contribution in [2.75, 3.05) is 31.3 Å². The number of halogens is 2. The molecule has 26 heavy (non-hydrogen) atoms. The molecule has 0 radical (unpaired) electrons. The second-order valence-electron chi connectivity index (χ2n) is 5.21. The van der Waals surface area contributed by atoms with Crippen LogP contribution in [-0.2, 0) is 9.53 Å². The highest BCUT2D eigenvalue weighted by Crippen LogP contribution is 2.25. The molecule has 2 rings (SSSR count). The standard InChI is InChI=1S/C18H18BrFN2O3S/c1-25-9-8-21-17(23)11-26-16-5-3-2-4-13(16)18(24)22-15-7-6-12(19)10-14(15)20/h2-7,10H,8-9,11H2,1H3,(H,21,23)(H,22,24). The zero-order valence-corrected chi connectivity index (χ0v) is 16.5. The average molecular weight is 441 g/mol. The van der Waals surface area contributed by atoms with Crippen molar-refractivity contribution in [3.05, 3.63) is 58.3 Å². The molecule has 0 fully saturated rings. The van der Waals surface area contributed by atoms with Crippen molar-refractivity contribution in [1.82, 2.24) is 5.32 Å². The Bertz CT molecular complexity index is 789. The van der Waals surface area contributed by atoms with Gasteiger partial charge in [-0.1, -0.05) is 28.1 Å². The summed E-state index contributed by atoms with van der Waals surface area (Å²) in [4.78, 5) is 24.9. The van der Waals surface area contributed by atoms with E-state index in [0.717, 1.165) is 0 Å². The van der Waals surface area contributed by atoms with Gasteiger partial charge in [0.15, 0.2) is 0 Å². The molecule has 138 valence electrons. The fraction of sp³-hybridized carbons (Fsp3) is 0.222. The van der Waals surface area contributed by atoms with Crippen LogP contribution in [0.4, 0.5) is 10.1 Å². The van der Waals surface area contributed by atoms with Gasteiger partial charge in [0.05, 0.1) is 23.6 Å². The molecule has 0 saturated heterocycles. The molecule has 2 N–H and O–H groups in total. The molecule has 0 aliphatic carbocycles. The number of benzene rings is 2. The first-order valence-corrected chi connectivity index (χ1v) is 9.53. The average Bonchev–Trinajstić information content (AvgIpc) is 2.62. The second kappa shape index (κ2) is 10.3. The lowest BCUT2D eigenvalue weighted by molar-refractivity contribution is -0.118. The topological polar surface area (TPSA) is 67.4 Å². The zero-order valence-electron chi connectivity index (χ0n) is 14.1. The molecule has 0 bridgehead atoms. The van der Waals surface area contributed by atoms with E-state index in [-0.39, 0.29) is 17.3 Å². The van der Waals surface area contributed by atoms with Crippen LogP contribution in [0.15, 0.2) is 51.8 Å². The number of carbonyl (C=O) groups is 2. The molecule has 2 aromatic rings. The Morgan fingerprint density at radius 1 is 1.23 bits per heavy atom. The first kappa shape index (κ1) is 20.4. The Labute approximate surface area is 163 Å². The summed E-state index contributed by atoms with van der Waals surface area (Å²) in [5, 5.41) is 5.27. The van der Waals surface area contributed by atoms with E-state index in [0.29, 0.717) is 28.1 Å². The van der Waals surface area contributed by atoms with Crippen molar-refractivity contribution in [2.24, 2.45) is 0 Å². The van der Waals surface area contributed by atoms with Gasteiger partial charge in [0.25, 0.3) is 5.91 Å². The maximum Gasteiger partial charge on any atom is 0.256 e.